The highest BCUT2D eigenvalue weighted by Crippen LogP contribution is 2.46. The minimum Gasteiger partial charge on any atom is -0.385 e. The van der Waals surface area contributed by atoms with Gasteiger partial charge in [0.05, 0.1) is 18.8 Å². The molecular formula is C14H17ClO3. The first kappa shape index (κ1) is 12.4. The number of benzene rings is 1. The highest BCUT2D eigenvalue weighted by Gasteiger charge is 2.46. The first-order chi connectivity index (χ1) is 8.64. The van der Waals surface area contributed by atoms with Crippen molar-refractivity contribution in [1.29, 1.82) is 0 Å². The molecule has 1 aromatic rings. The molecule has 98 valence electrons. The predicted octanol–water partition coefficient (Wildman–Crippen LogP) is 2.84. The number of rotatable bonds is 1. The second kappa shape index (κ2) is 4.49. The van der Waals surface area contributed by atoms with E-state index in [9.17, 15) is 5.11 Å². The fourth-order valence-electron chi connectivity index (χ4n) is 2.94. The Morgan fingerprint density at radius 2 is 1.61 bits per heavy atom. The van der Waals surface area contributed by atoms with E-state index in [-0.39, 0.29) is 0 Å². The van der Waals surface area contributed by atoms with Crippen molar-refractivity contribution in [2.45, 2.75) is 37.1 Å². The van der Waals surface area contributed by atoms with E-state index in [2.05, 4.69) is 0 Å². The molecule has 0 atom stereocenters. The van der Waals surface area contributed by atoms with Crippen LogP contribution in [0.15, 0.2) is 24.3 Å². The van der Waals surface area contributed by atoms with Crippen LogP contribution in [0, 0.1) is 0 Å². The van der Waals surface area contributed by atoms with Crippen molar-refractivity contribution < 1.29 is 14.6 Å². The summed E-state index contributed by atoms with van der Waals surface area (Å²) in [5.74, 6) is -0.451. The molecule has 1 saturated carbocycles. The van der Waals surface area contributed by atoms with Crippen molar-refractivity contribution in [3.05, 3.63) is 34.9 Å². The van der Waals surface area contributed by atoms with E-state index in [0.29, 0.717) is 43.9 Å². The van der Waals surface area contributed by atoms with Gasteiger partial charge >= 0.3 is 0 Å². The van der Waals surface area contributed by atoms with Gasteiger partial charge in [0.25, 0.3) is 0 Å². The zero-order valence-corrected chi connectivity index (χ0v) is 10.9. The van der Waals surface area contributed by atoms with Crippen LogP contribution in [-0.4, -0.2) is 24.1 Å². The molecule has 18 heavy (non-hydrogen) atoms. The predicted molar refractivity (Wildman–Crippen MR) is 68.5 cm³/mol. The van der Waals surface area contributed by atoms with Crippen molar-refractivity contribution >= 4 is 11.6 Å². The molecule has 3 nitrogen and oxygen atoms in total. The van der Waals surface area contributed by atoms with E-state index in [1.165, 1.54) is 0 Å². The third kappa shape index (κ3) is 2.05. The van der Waals surface area contributed by atoms with E-state index < -0.39 is 11.4 Å². The van der Waals surface area contributed by atoms with Gasteiger partial charge < -0.3 is 14.6 Å². The molecule has 0 bridgehead atoms. The number of hydrogen-bond donors (Lipinski definition) is 1. The molecule has 1 aliphatic heterocycles. The summed E-state index contributed by atoms with van der Waals surface area (Å²) in [4.78, 5) is 0. The molecule has 0 aromatic heterocycles. The first-order valence-corrected chi connectivity index (χ1v) is 6.77. The summed E-state index contributed by atoms with van der Waals surface area (Å²) in [7, 11) is 0. The molecule has 1 saturated heterocycles. The molecule has 2 fully saturated rings. The monoisotopic (exact) mass is 268 g/mol. The number of hydrogen-bond acceptors (Lipinski definition) is 3. The second-order valence-corrected chi connectivity index (χ2v) is 5.53. The first-order valence-electron chi connectivity index (χ1n) is 6.39. The van der Waals surface area contributed by atoms with Gasteiger partial charge in [-0.2, -0.15) is 0 Å². The van der Waals surface area contributed by atoms with E-state index in [4.69, 9.17) is 21.1 Å². The van der Waals surface area contributed by atoms with Gasteiger partial charge in [0.2, 0.25) is 0 Å². The average Bonchev–Trinajstić information content (AvgIpc) is 2.83. The van der Waals surface area contributed by atoms with Gasteiger partial charge in [0, 0.05) is 23.4 Å². The Hall–Kier alpha value is -0.610. The summed E-state index contributed by atoms with van der Waals surface area (Å²) in [5.41, 5.74) is -0.0293. The van der Waals surface area contributed by atoms with Crippen molar-refractivity contribution in [2.24, 2.45) is 0 Å². The standard InChI is InChI=1S/C14H17ClO3/c15-12-4-2-1-3-11(12)13(16)5-7-14(8-6-13)17-9-10-18-14/h1-4,16H,5-10H2. The van der Waals surface area contributed by atoms with Crippen LogP contribution in [0.2, 0.25) is 5.02 Å². The maximum Gasteiger partial charge on any atom is 0.168 e. The Balaban J connectivity index is 1.80. The Bertz CT molecular complexity index is 430. The topological polar surface area (TPSA) is 38.7 Å². The molecule has 1 spiro atoms. The van der Waals surface area contributed by atoms with E-state index in [0.717, 1.165) is 5.56 Å². The highest BCUT2D eigenvalue weighted by molar-refractivity contribution is 6.31. The lowest BCUT2D eigenvalue weighted by atomic mass is 9.77. The summed E-state index contributed by atoms with van der Waals surface area (Å²) in [6, 6.07) is 7.51. The minimum absolute atomic E-state index is 0.451. The van der Waals surface area contributed by atoms with Crippen molar-refractivity contribution in [3.63, 3.8) is 0 Å². The molecular weight excluding hydrogens is 252 g/mol. The highest BCUT2D eigenvalue weighted by atomic mass is 35.5. The van der Waals surface area contributed by atoms with Gasteiger partial charge in [-0.05, 0) is 18.9 Å². The smallest absolute Gasteiger partial charge is 0.168 e. The summed E-state index contributed by atoms with van der Waals surface area (Å²) < 4.78 is 11.3. The summed E-state index contributed by atoms with van der Waals surface area (Å²) in [6.07, 6.45) is 2.68. The lowest BCUT2D eigenvalue weighted by Crippen LogP contribution is -2.42. The maximum absolute atomic E-state index is 10.8. The van der Waals surface area contributed by atoms with Gasteiger partial charge in [-0.15, -0.1) is 0 Å². The molecule has 2 aliphatic rings. The lowest BCUT2D eigenvalue weighted by molar-refractivity contribution is -0.204. The van der Waals surface area contributed by atoms with Crippen LogP contribution in [0.3, 0.4) is 0 Å². The van der Waals surface area contributed by atoms with Crippen LogP contribution in [0.4, 0.5) is 0 Å². The van der Waals surface area contributed by atoms with Crippen molar-refractivity contribution in [1.82, 2.24) is 0 Å². The van der Waals surface area contributed by atoms with E-state index in [1.54, 1.807) is 0 Å². The Morgan fingerprint density at radius 1 is 1.00 bits per heavy atom. The van der Waals surface area contributed by atoms with Crippen LogP contribution in [0.25, 0.3) is 0 Å². The van der Waals surface area contributed by atoms with Crippen LogP contribution in [0.5, 0.6) is 0 Å². The number of aliphatic hydroxyl groups is 1. The second-order valence-electron chi connectivity index (χ2n) is 5.12. The zero-order valence-electron chi connectivity index (χ0n) is 10.2. The Morgan fingerprint density at radius 3 is 2.22 bits per heavy atom. The molecule has 0 amide bonds. The van der Waals surface area contributed by atoms with E-state index >= 15 is 0 Å². The normalized spacial score (nSPS) is 25.4. The van der Waals surface area contributed by atoms with Crippen LogP contribution >= 0.6 is 11.6 Å². The van der Waals surface area contributed by atoms with Gasteiger partial charge in [0.1, 0.15) is 0 Å². The van der Waals surface area contributed by atoms with Gasteiger partial charge in [-0.25, -0.2) is 0 Å². The van der Waals surface area contributed by atoms with Crippen LogP contribution < -0.4 is 0 Å². The largest absolute Gasteiger partial charge is 0.385 e. The fourth-order valence-corrected chi connectivity index (χ4v) is 3.25. The zero-order chi connectivity index (χ0) is 12.6. The third-order valence-electron chi connectivity index (χ3n) is 4.03. The summed E-state index contributed by atoms with van der Waals surface area (Å²) in [6.45, 7) is 1.31. The van der Waals surface area contributed by atoms with Gasteiger partial charge in [-0.3, -0.25) is 0 Å². The van der Waals surface area contributed by atoms with Crippen LogP contribution in [-0.2, 0) is 15.1 Å². The summed E-state index contributed by atoms with van der Waals surface area (Å²) in [5, 5.41) is 11.4. The Labute approximate surface area is 112 Å². The van der Waals surface area contributed by atoms with Gasteiger partial charge in [0.15, 0.2) is 5.79 Å². The minimum atomic E-state index is -0.848. The molecule has 0 radical (unpaired) electrons. The van der Waals surface area contributed by atoms with Crippen molar-refractivity contribution in [2.75, 3.05) is 13.2 Å². The quantitative estimate of drug-likeness (QED) is 0.851. The Kier molecular flexibility index (Phi) is 3.10. The van der Waals surface area contributed by atoms with Gasteiger partial charge in [-0.1, -0.05) is 29.8 Å². The maximum atomic E-state index is 10.8. The molecule has 1 N–H and O–H groups in total. The lowest BCUT2D eigenvalue weighted by Gasteiger charge is -2.41. The third-order valence-corrected chi connectivity index (χ3v) is 4.36. The number of ether oxygens (including phenoxy) is 2. The molecule has 1 aliphatic carbocycles. The van der Waals surface area contributed by atoms with Crippen molar-refractivity contribution in [3.8, 4) is 0 Å². The summed E-state index contributed by atoms with van der Waals surface area (Å²) >= 11 is 6.18. The fraction of sp³-hybridized carbons (Fsp3) is 0.571. The molecule has 4 heteroatoms. The average molecular weight is 269 g/mol. The number of halogens is 1. The molecule has 1 heterocycles. The SMILES string of the molecule is OC1(c2ccccc2Cl)CCC2(CC1)OCCO2. The van der Waals surface area contributed by atoms with E-state index in [1.807, 2.05) is 24.3 Å². The molecule has 0 unspecified atom stereocenters. The molecule has 3 rings (SSSR count). The molecule has 1 aromatic carbocycles. The van der Waals surface area contributed by atoms with Crippen LogP contribution in [0.1, 0.15) is 31.2 Å².